The van der Waals surface area contributed by atoms with Crippen molar-refractivity contribution in [3.05, 3.63) is 59.2 Å². The maximum Gasteiger partial charge on any atom is 0.339 e. The molecule has 3 N–H and O–H groups in total. The molecule has 6 nitrogen and oxygen atoms in total. The molecule has 0 spiro atoms. The number of carboxylic acid groups (broad SMARTS) is 2. The average Bonchev–Trinajstić information content (AvgIpc) is 2.46. The van der Waals surface area contributed by atoms with Gasteiger partial charge in [-0.1, -0.05) is 12.1 Å². The number of hydrogen-bond acceptors (Lipinski definition) is 4. The summed E-state index contributed by atoms with van der Waals surface area (Å²) in [6.07, 6.45) is 0. The van der Waals surface area contributed by atoms with Crippen LogP contribution in [0.25, 0.3) is 0 Å². The number of hydrogen-bond donors (Lipinski definition) is 3. The standard InChI is InChI=1S/C15H12O6/c16-11-4-1-9(2-5-11)8-21-13-6-3-10(14(17)18)7-12(13)15(19)20/h1-7,16H,8H2,(H,17,18)(H,19,20). The first kappa shape index (κ1) is 14.4. The Bertz CT molecular complexity index is 675. The molecule has 0 atom stereocenters. The Morgan fingerprint density at radius 1 is 0.952 bits per heavy atom. The van der Waals surface area contributed by atoms with E-state index in [4.69, 9.17) is 20.1 Å². The fraction of sp³-hybridized carbons (Fsp3) is 0.0667. The molecule has 2 rings (SSSR count). The lowest BCUT2D eigenvalue weighted by Gasteiger charge is -2.10. The lowest BCUT2D eigenvalue weighted by Crippen LogP contribution is -2.06. The van der Waals surface area contributed by atoms with Gasteiger partial charge in [0.05, 0.1) is 5.56 Å². The van der Waals surface area contributed by atoms with E-state index in [1.165, 1.54) is 24.3 Å². The van der Waals surface area contributed by atoms with Crippen molar-refractivity contribution >= 4 is 11.9 Å². The highest BCUT2D eigenvalue weighted by atomic mass is 16.5. The third-order valence-electron chi connectivity index (χ3n) is 2.79. The van der Waals surface area contributed by atoms with Crippen LogP contribution in [-0.4, -0.2) is 27.3 Å². The summed E-state index contributed by atoms with van der Waals surface area (Å²) < 4.78 is 5.40. The van der Waals surface area contributed by atoms with Crippen LogP contribution in [0.5, 0.6) is 11.5 Å². The van der Waals surface area contributed by atoms with Gasteiger partial charge in [-0.3, -0.25) is 0 Å². The van der Waals surface area contributed by atoms with Crippen molar-refractivity contribution in [1.29, 1.82) is 0 Å². The third kappa shape index (κ3) is 3.50. The van der Waals surface area contributed by atoms with Gasteiger partial charge in [0.2, 0.25) is 0 Å². The fourth-order valence-corrected chi connectivity index (χ4v) is 1.71. The highest BCUT2D eigenvalue weighted by molar-refractivity contribution is 5.95. The zero-order valence-electron chi connectivity index (χ0n) is 10.8. The van der Waals surface area contributed by atoms with E-state index in [1.54, 1.807) is 12.1 Å². The number of carbonyl (C=O) groups is 2. The molecule has 21 heavy (non-hydrogen) atoms. The molecule has 0 amide bonds. The van der Waals surface area contributed by atoms with E-state index < -0.39 is 11.9 Å². The Morgan fingerprint density at radius 2 is 1.62 bits per heavy atom. The third-order valence-corrected chi connectivity index (χ3v) is 2.79. The highest BCUT2D eigenvalue weighted by Gasteiger charge is 2.15. The van der Waals surface area contributed by atoms with E-state index in [0.717, 1.165) is 11.6 Å². The number of phenols is 1. The minimum atomic E-state index is -1.26. The molecule has 0 saturated carbocycles. The van der Waals surface area contributed by atoms with Gasteiger partial charge in [-0.25, -0.2) is 9.59 Å². The summed E-state index contributed by atoms with van der Waals surface area (Å²) in [6.45, 7) is 0.104. The first-order chi connectivity index (χ1) is 9.97. The second-order valence-electron chi connectivity index (χ2n) is 4.28. The average molecular weight is 288 g/mol. The summed E-state index contributed by atoms with van der Waals surface area (Å²) in [5.74, 6) is -2.27. The van der Waals surface area contributed by atoms with E-state index in [-0.39, 0.29) is 29.2 Å². The lowest BCUT2D eigenvalue weighted by atomic mass is 10.1. The number of benzene rings is 2. The molecule has 0 aromatic heterocycles. The molecule has 0 radical (unpaired) electrons. The minimum absolute atomic E-state index is 0.0839. The van der Waals surface area contributed by atoms with Gasteiger partial charge in [0.25, 0.3) is 0 Å². The molecule has 0 bridgehead atoms. The molecule has 108 valence electrons. The smallest absolute Gasteiger partial charge is 0.339 e. The van der Waals surface area contributed by atoms with E-state index in [9.17, 15) is 9.59 Å². The van der Waals surface area contributed by atoms with Crippen LogP contribution in [0, 0.1) is 0 Å². The largest absolute Gasteiger partial charge is 0.508 e. The van der Waals surface area contributed by atoms with Gasteiger partial charge in [-0.05, 0) is 35.9 Å². The van der Waals surface area contributed by atoms with Crippen LogP contribution in [0.4, 0.5) is 0 Å². The zero-order valence-corrected chi connectivity index (χ0v) is 10.8. The molecular formula is C15H12O6. The monoisotopic (exact) mass is 288 g/mol. The summed E-state index contributed by atoms with van der Waals surface area (Å²) in [5.41, 5.74) is 0.407. The van der Waals surface area contributed by atoms with Gasteiger partial charge in [-0.2, -0.15) is 0 Å². The molecule has 0 aliphatic heterocycles. The van der Waals surface area contributed by atoms with Gasteiger partial charge in [0.15, 0.2) is 0 Å². The second-order valence-corrected chi connectivity index (χ2v) is 4.28. The van der Waals surface area contributed by atoms with Crippen LogP contribution in [0.1, 0.15) is 26.3 Å². The van der Waals surface area contributed by atoms with Crippen LogP contribution in [0.2, 0.25) is 0 Å². The summed E-state index contributed by atoms with van der Waals surface area (Å²) in [6, 6.07) is 9.91. The quantitative estimate of drug-likeness (QED) is 0.780. The maximum absolute atomic E-state index is 11.1. The summed E-state index contributed by atoms with van der Waals surface area (Å²) in [4.78, 5) is 22.0. The van der Waals surface area contributed by atoms with E-state index in [1.807, 2.05) is 0 Å². The molecule has 2 aromatic carbocycles. The van der Waals surface area contributed by atoms with Gasteiger partial charge >= 0.3 is 11.9 Å². The zero-order chi connectivity index (χ0) is 15.4. The Labute approximate surface area is 119 Å². The van der Waals surface area contributed by atoms with Crippen LogP contribution in [0.3, 0.4) is 0 Å². The summed E-state index contributed by atoms with van der Waals surface area (Å²) >= 11 is 0. The van der Waals surface area contributed by atoms with Crippen molar-refractivity contribution < 1.29 is 29.6 Å². The van der Waals surface area contributed by atoms with Crippen molar-refractivity contribution in [2.24, 2.45) is 0 Å². The molecule has 0 fully saturated rings. The van der Waals surface area contributed by atoms with Crippen molar-refractivity contribution in [3.63, 3.8) is 0 Å². The molecule has 0 saturated heterocycles. The first-order valence-corrected chi connectivity index (χ1v) is 5.98. The summed E-state index contributed by atoms with van der Waals surface area (Å²) in [7, 11) is 0. The molecule has 0 heterocycles. The predicted octanol–water partition coefficient (Wildman–Crippen LogP) is 2.37. The van der Waals surface area contributed by atoms with Crippen LogP contribution < -0.4 is 4.74 Å². The fourth-order valence-electron chi connectivity index (χ4n) is 1.71. The van der Waals surface area contributed by atoms with Gasteiger partial charge < -0.3 is 20.1 Å². The summed E-state index contributed by atoms with van der Waals surface area (Å²) in [5, 5.41) is 27.1. The first-order valence-electron chi connectivity index (χ1n) is 5.98. The van der Waals surface area contributed by atoms with Gasteiger partial charge in [-0.15, -0.1) is 0 Å². The van der Waals surface area contributed by atoms with Gasteiger partial charge in [0.1, 0.15) is 23.7 Å². The van der Waals surface area contributed by atoms with Crippen LogP contribution >= 0.6 is 0 Å². The number of aromatic carboxylic acids is 2. The van der Waals surface area contributed by atoms with Crippen molar-refractivity contribution in [1.82, 2.24) is 0 Å². The van der Waals surface area contributed by atoms with E-state index in [2.05, 4.69) is 0 Å². The van der Waals surface area contributed by atoms with Crippen molar-refractivity contribution in [3.8, 4) is 11.5 Å². The Kier molecular flexibility index (Phi) is 4.08. The Hall–Kier alpha value is -3.02. The number of phenolic OH excluding ortho intramolecular Hbond substituents is 1. The second kappa shape index (κ2) is 5.96. The molecule has 0 aliphatic carbocycles. The SMILES string of the molecule is O=C(O)c1ccc(OCc2ccc(O)cc2)c(C(=O)O)c1. The molecule has 2 aromatic rings. The molecule has 0 aliphatic rings. The van der Waals surface area contributed by atoms with E-state index in [0.29, 0.717) is 0 Å². The maximum atomic E-state index is 11.1. The Morgan fingerprint density at radius 3 is 2.19 bits per heavy atom. The highest BCUT2D eigenvalue weighted by Crippen LogP contribution is 2.22. The Balaban J connectivity index is 2.21. The van der Waals surface area contributed by atoms with Crippen molar-refractivity contribution in [2.75, 3.05) is 0 Å². The van der Waals surface area contributed by atoms with Gasteiger partial charge in [0, 0.05) is 0 Å². The number of rotatable bonds is 5. The lowest BCUT2D eigenvalue weighted by molar-refractivity contribution is 0.0691. The predicted molar refractivity (Wildman–Crippen MR) is 72.8 cm³/mol. The molecule has 0 unspecified atom stereocenters. The molecular weight excluding hydrogens is 276 g/mol. The van der Waals surface area contributed by atoms with E-state index >= 15 is 0 Å². The van der Waals surface area contributed by atoms with Crippen molar-refractivity contribution in [2.45, 2.75) is 6.61 Å². The van der Waals surface area contributed by atoms with Crippen LogP contribution in [-0.2, 0) is 6.61 Å². The normalized spacial score (nSPS) is 10.1. The van der Waals surface area contributed by atoms with Crippen LogP contribution in [0.15, 0.2) is 42.5 Å². The molecule has 6 heteroatoms. The minimum Gasteiger partial charge on any atom is -0.508 e. The topological polar surface area (TPSA) is 104 Å². The number of carboxylic acids is 2. The number of ether oxygens (including phenoxy) is 1. The number of aromatic hydroxyl groups is 1.